The van der Waals surface area contributed by atoms with E-state index in [2.05, 4.69) is 26.8 Å². The first-order valence-electron chi connectivity index (χ1n) is 10.6. The van der Waals surface area contributed by atoms with Gasteiger partial charge in [-0.3, -0.25) is 4.79 Å². The molecule has 10 heteroatoms. The third-order valence-corrected chi connectivity index (χ3v) is 5.72. The van der Waals surface area contributed by atoms with Crippen LogP contribution in [0.4, 0.5) is 10.2 Å². The second kappa shape index (κ2) is 8.77. The zero-order valence-corrected chi connectivity index (χ0v) is 18.3. The molecule has 1 amide bonds. The Kier molecular flexibility index (Phi) is 6.01. The van der Waals surface area contributed by atoms with E-state index in [-0.39, 0.29) is 30.7 Å². The van der Waals surface area contributed by atoms with Crippen molar-refractivity contribution in [2.24, 2.45) is 5.92 Å². The van der Waals surface area contributed by atoms with E-state index in [0.29, 0.717) is 22.8 Å². The fraction of sp³-hybridized carbons (Fsp3) is 0.391. The van der Waals surface area contributed by atoms with Crippen LogP contribution in [0.1, 0.15) is 36.2 Å². The average molecular weight is 452 g/mol. The number of aliphatic hydroxyl groups excluding tert-OH is 1. The number of rotatable bonds is 8. The summed E-state index contributed by atoms with van der Waals surface area (Å²) in [6, 6.07) is 10.6. The van der Waals surface area contributed by atoms with Crippen molar-refractivity contribution in [3.8, 4) is 17.5 Å². The number of nitrogens with one attached hydrogen (secondary N) is 2. The van der Waals surface area contributed by atoms with Crippen LogP contribution in [0.25, 0.3) is 16.9 Å². The first kappa shape index (κ1) is 22.6. The highest BCUT2D eigenvalue weighted by Crippen LogP contribution is 2.34. The number of carbonyl (C=O) groups excluding carboxylic acids is 1. The fourth-order valence-corrected chi connectivity index (χ4v) is 3.48. The number of carbonyl (C=O) groups is 1. The summed E-state index contributed by atoms with van der Waals surface area (Å²) in [4.78, 5) is 17.4. The summed E-state index contributed by atoms with van der Waals surface area (Å²) in [7, 11) is 0. The topological polar surface area (TPSA) is 136 Å². The molecule has 0 aromatic carbocycles. The van der Waals surface area contributed by atoms with Gasteiger partial charge in [0.1, 0.15) is 18.1 Å². The van der Waals surface area contributed by atoms with Crippen LogP contribution in [0.2, 0.25) is 0 Å². The van der Waals surface area contributed by atoms with Gasteiger partial charge in [-0.05, 0) is 50.6 Å². The molecule has 4 N–H and O–H groups in total. The van der Waals surface area contributed by atoms with Gasteiger partial charge in [0.25, 0.3) is 5.91 Å². The minimum atomic E-state index is -1.64. The van der Waals surface area contributed by atoms with Gasteiger partial charge in [-0.25, -0.2) is 13.9 Å². The molecule has 1 fully saturated rings. The minimum Gasteiger partial charge on any atom is -0.396 e. The van der Waals surface area contributed by atoms with E-state index in [4.69, 9.17) is 5.26 Å². The number of pyridine rings is 1. The highest BCUT2D eigenvalue weighted by Gasteiger charge is 2.37. The molecule has 1 saturated carbocycles. The van der Waals surface area contributed by atoms with Crippen molar-refractivity contribution in [2.45, 2.75) is 38.1 Å². The molecule has 0 radical (unpaired) electrons. The molecule has 4 rings (SSSR count). The molecule has 3 aromatic rings. The Morgan fingerprint density at radius 1 is 1.39 bits per heavy atom. The summed E-state index contributed by atoms with van der Waals surface area (Å²) in [5.41, 5.74) is 1.04. The maximum Gasteiger partial charge on any atom is 0.255 e. The van der Waals surface area contributed by atoms with Gasteiger partial charge >= 0.3 is 0 Å². The predicted molar refractivity (Wildman–Crippen MR) is 119 cm³/mol. The second-order valence-corrected chi connectivity index (χ2v) is 8.76. The van der Waals surface area contributed by atoms with Gasteiger partial charge in [0.05, 0.1) is 46.4 Å². The molecule has 0 spiro atoms. The number of nitrogens with zero attached hydrogens (tertiary/aromatic N) is 4. The fourth-order valence-electron chi connectivity index (χ4n) is 3.48. The normalized spacial score (nSPS) is 18.5. The summed E-state index contributed by atoms with van der Waals surface area (Å²) in [6.45, 7) is 2.36. The molecule has 1 aliphatic rings. The van der Waals surface area contributed by atoms with Crippen LogP contribution < -0.4 is 10.6 Å². The Hall–Kier alpha value is -3.55. The Balaban J connectivity index is 1.64. The Morgan fingerprint density at radius 2 is 2.18 bits per heavy atom. The van der Waals surface area contributed by atoms with Crippen molar-refractivity contribution in [3.63, 3.8) is 0 Å². The lowest BCUT2D eigenvalue weighted by Crippen LogP contribution is -2.42. The largest absolute Gasteiger partial charge is 0.396 e. The van der Waals surface area contributed by atoms with Crippen LogP contribution in [0.3, 0.4) is 0 Å². The van der Waals surface area contributed by atoms with Crippen LogP contribution >= 0.6 is 0 Å². The Morgan fingerprint density at radius 3 is 2.85 bits per heavy atom. The summed E-state index contributed by atoms with van der Waals surface area (Å²) < 4.78 is 15.8. The molecule has 33 heavy (non-hydrogen) atoms. The molecular formula is C23H25FN6O3. The number of aromatic nitrogens is 3. The monoisotopic (exact) mass is 452 g/mol. The van der Waals surface area contributed by atoms with E-state index in [1.165, 1.54) is 20.0 Å². The van der Waals surface area contributed by atoms with Crippen molar-refractivity contribution in [2.75, 3.05) is 18.5 Å². The Labute approximate surface area is 189 Å². The predicted octanol–water partition coefficient (Wildman–Crippen LogP) is 1.90. The second-order valence-electron chi connectivity index (χ2n) is 8.76. The molecule has 9 nitrogen and oxygen atoms in total. The molecule has 3 aromatic heterocycles. The van der Waals surface area contributed by atoms with Crippen LogP contribution in [0, 0.1) is 17.2 Å². The third kappa shape index (κ3) is 4.79. The maximum atomic E-state index is 14.1. The number of hydrogen-bond acceptors (Lipinski definition) is 7. The van der Waals surface area contributed by atoms with Gasteiger partial charge in [0.2, 0.25) is 0 Å². The average Bonchev–Trinajstić information content (AvgIpc) is 3.41. The van der Waals surface area contributed by atoms with Crippen molar-refractivity contribution in [1.29, 1.82) is 5.26 Å². The molecule has 0 saturated heterocycles. The molecule has 1 aliphatic carbocycles. The highest BCUT2D eigenvalue weighted by molar-refractivity contribution is 5.99. The zero-order valence-electron chi connectivity index (χ0n) is 18.3. The summed E-state index contributed by atoms with van der Waals surface area (Å²) >= 11 is 0. The number of amides is 1. The number of hydrogen-bond donors (Lipinski definition) is 4. The summed E-state index contributed by atoms with van der Waals surface area (Å²) in [6.07, 6.45) is 0.578. The quantitative estimate of drug-likeness (QED) is 0.410. The van der Waals surface area contributed by atoms with Crippen molar-refractivity contribution < 1.29 is 19.4 Å². The molecule has 172 valence electrons. The molecule has 2 unspecified atom stereocenters. The molecule has 0 bridgehead atoms. The molecule has 3 atom stereocenters. The Bertz CT molecular complexity index is 1230. The lowest BCUT2D eigenvalue weighted by molar-refractivity contribution is -0.00177. The number of nitriles is 1. The van der Waals surface area contributed by atoms with Crippen molar-refractivity contribution >= 4 is 17.2 Å². The van der Waals surface area contributed by atoms with E-state index in [0.717, 1.165) is 11.9 Å². The van der Waals surface area contributed by atoms with Crippen LogP contribution in [0.5, 0.6) is 0 Å². The number of fused-ring (bicyclic) bond motifs is 1. The third-order valence-electron chi connectivity index (χ3n) is 5.72. The van der Waals surface area contributed by atoms with Gasteiger partial charge in [0, 0.05) is 18.6 Å². The number of alkyl halides is 1. The van der Waals surface area contributed by atoms with Crippen molar-refractivity contribution in [3.05, 3.63) is 47.7 Å². The first-order valence-corrected chi connectivity index (χ1v) is 10.6. The van der Waals surface area contributed by atoms with E-state index in [1.807, 2.05) is 12.1 Å². The number of aliphatic hydroxyl groups is 2. The van der Waals surface area contributed by atoms with Gasteiger partial charge in [-0.1, -0.05) is 0 Å². The smallest absolute Gasteiger partial charge is 0.255 e. The van der Waals surface area contributed by atoms with E-state index < -0.39 is 17.7 Å². The zero-order chi connectivity index (χ0) is 23.8. The summed E-state index contributed by atoms with van der Waals surface area (Å²) in [5.74, 6) is -0.133. The maximum absolute atomic E-state index is 14.1. The lowest BCUT2D eigenvalue weighted by atomic mass is 10.0. The molecular weight excluding hydrogens is 427 g/mol. The van der Waals surface area contributed by atoms with E-state index in [1.54, 1.807) is 22.7 Å². The molecule has 3 heterocycles. The van der Waals surface area contributed by atoms with E-state index >= 15 is 0 Å². The van der Waals surface area contributed by atoms with Crippen LogP contribution in [-0.2, 0) is 0 Å². The number of anilines is 1. The summed E-state index contributed by atoms with van der Waals surface area (Å²) in [5, 5.41) is 38.2. The van der Waals surface area contributed by atoms with Gasteiger partial charge < -0.3 is 20.8 Å². The van der Waals surface area contributed by atoms with Gasteiger partial charge in [-0.15, -0.1) is 0 Å². The van der Waals surface area contributed by atoms with E-state index in [9.17, 15) is 19.4 Å². The highest BCUT2D eigenvalue weighted by atomic mass is 19.1. The minimum absolute atomic E-state index is 0.0185. The first-order chi connectivity index (χ1) is 15.7. The van der Waals surface area contributed by atoms with Gasteiger partial charge in [-0.2, -0.15) is 10.4 Å². The molecule has 0 aliphatic heterocycles. The SMILES string of the molecule is CC(C)(O)[C@H](F)CNC(=O)c1ccc(-c2ccc3cc(C#N)cnn23)nc1NC1CC1CO. The van der Waals surface area contributed by atoms with Crippen LogP contribution in [-0.4, -0.2) is 61.7 Å². The van der Waals surface area contributed by atoms with Gasteiger partial charge in [0.15, 0.2) is 0 Å². The standard InChI is InChI=1S/C23H25FN6O3/c1-23(2,33)20(24)11-26-22(32)16-4-5-17(28-21(16)29-18-8-14(18)12-31)19-6-3-15-7-13(9-25)10-27-30(15)19/h3-7,10,14,18,20,31,33H,8,11-12H2,1-2H3,(H,26,32)(H,28,29)/t14?,18?,20-/m1/s1. The lowest BCUT2D eigenvalue weighted by Gasteiger charge is -2.22. The van der Waals surface area contributed by atoms with Crippen molar-refractivity contribution in [1.82, 2.24) is 19.9 Å². The van der Waals surface area contributed by atoms with Crippen LogP contribution in [0.15, 0.2) is 36.5 Å². The number of halogens is 1.